The van der Waals surface area contributed by atoms with Gasteiger partial charge in [0, 0.05) is 18.3 Å². The molecule has 0 fully saturated rings. The number of fused-ring (bicyclic) bond motifs is 1. The third kappa shape index (κ3) is 2.77. The molecule has 0 spiro atoms. The highest BCUT2D eigenvalue weighted by molar-refractivity contribution is 5.46. The van der Waals surface area contributed by atoms with Gasteiger partial charge >= 0.3 is 0 Å². The Hall–Kier alpha value is -2.43. The van der Waals surface area contributed by atoms with Crippen molar-refractivity contribution in [1.29, 1.82) is 0 Å². The maximum absolute atomic E-state index is 12.9. The molecule has 1 atom stereocenters. The normalized spacial score (nSPS) is 12.5. The lowest BCUT2D eigenvalue weighted by molar-refractivity contribution is 0.626. The molecule has 0 radical (unpaired) electrons. The molecule has 2 aromatic heterocycles. The number of nitrogens with zero attached hydrogens (tertiary/aromatic N) is 3. The molecular formula is C15H15FN4. The van der Waals surface area contributed by atoms with E-state index in [4.69, 9.17) is 0 Å². The highest BCUT2D eigenvalue weighted by atomic mass is 19.1. The fraction of sp³-hybridized carbons (Fsp3) is 0.200. The van der Waals surface area contributed by atoms with Crippen LogP contribution < -0.4 is 5.32 Å². The van der Waals surface area contributed by atoms with E-state index in [-0.39, 0.29) is 11.9 Å². The molecule has 3 aromatic rings. The molecule has 20 heavy (non-hydrogen) atoms. The summed E-state index contributed by atoms with van der Waals surface area (Å²) in [6, 6.07) is 10.5. The lowest BCUT2D eigenvalue weighted by atomic mass is 10.1. The topological polar surface area (TPSA) is 42.2 Å². The Kier molecular flexibility index (Phi) is 3.33. The van der Waals surface area contributed by atoms with Gasteiger partial charge in [0.15, 0.2) is 5.65 Å². The summed E-state index contributed by atoms with van der Waals surface area (Å²) in [5.41, 5.74) is 1.90. The van der Waals surface area contributed by atoms with Crippen LogP contribution in [-0.4, -0.2) is 20.6 Å². The molecule has 3 rings (SSSR count). The quantitative estimate of drug-likeness (QED) is 0.792. The average Bonchev–Trinajstić information content (AvgIpc) is 2.89. The first kappa shape index (κ1) is 12.6. The Labute approximate surface area is 116 Å². The molecule has 0 bridgehead atoms. The van der Waals surface area contributed by atoms with Gasteiger partial charge in [-0.3, -0.25) is 0 Å². The fourth-order valence-corrected chi connectivity index (χ4v) is 2.17. The Bertz CT molecular complexity index is 705. The van der Waals surface area contributed by atoms with Gasteiger partial charge in [-0.05, 0) is 37.1 Å². The Balaban J connectivity index is 1.68. The first-order valence-corrected chi connectivity index (χ1v) is 6.52. The van der Waals surface area contributed by atoms with E-state index in [9.17, 15) is 4.39 Å². The highest BCUT2D eigenvalue weighted by Crippen LogP contribution is 2.11. The van der Waals surface area contributed by atoms with E-state index in [2.05, 4.69) is 22.3 Å². The first-order chi connectivity index (χ1) is 9.70. The molecule has 0 saturated heterocycles. The molecule has 1 aromatic carbocycles. The number of nitrogens with one attached hydrogen (secondary N) is 1. The van der Waals surface area contributed by atoms with Crippen LogP contribution >= 0.6 is 0 Å². The van der Waals surface area contributed by atoms with Crippen molar-refractivity contribution in [2.75, 3.05) is 5.32 Å². The van der Waals surface area contributed by atoms with E-state index < -0.39 is 0 Å². The van der Waals surface area contributed by atoms with Crippen molar-refractivity contribution in [3.8, 4) is 0 Å². The van der Waals surface area contributed by atoms with Crippen molar-refractivity contribution in [2.24, 2.45) is 0 Å². The van der Waals surface area contributed by atoms with Crippen LogP contribution in [0.25, 0.3) is 5.65 Å². The number of halogens is 1. The highest BCUT2D eigenvalue weighted by Gasteiger charge is 2.05. The van der Waals surface area contributed by atoms with Gasteiger partial charge in [-0.15, -0.1) is 0 Å². The second-order valence-electron chi connectivity index (χ2n) is 4.82. The molecule has 102 valence electrons. The molecule has 1 unspecified atom stereocenters. The Morgan fingerprint density at radius 1 is 1.20 bits per heavy atom. The lowest BCUT2D eigenvalue weighted by Gasteiger charge is -2.14. The maximum atomic E-state index is 12.9. The molecule has 0 aliphatic heterocycles. The number of anilines is 1. The molecule has 4 nitrogen and oxygen atoms in total. The van der Waals surface area contributed by atoms with Gasteiger partial charge in [0.2, 0.25) is 0 Å². The molecule has 1 N–H and O–H groups in total. The molecule has 0 amide bonds. The zero-order valence-corrected chi connectivity index (χ0v) is 11.1. The Morgan fingerprint density at radius 3 is 2.80 bits per heavy atom. The third-order valence-corrected chi connectivity index (χ3v) is 3.11. The molecule has 5 heteroatoms. The maximum Gasteiger partial charge on any atom is 0.157 e. The monoisotopic (exact) mass is 270 g/mol. The number of rotatable bonds is 4. The SMILES string of the molecule is CC(Cc1ccc(F)cc1)Nc1ccn2nccc2n1. The summed E-state index contributed by atoms with van der Waals surface area (Å²) >= 11 is 0. The van der Waals surface area contributed by atoms with Gasteiger partial charge < -0.3 is 5.32 Å². The predicted molar refractivity (Wildman–Crippen MR) is 76.2 cm³/mol. The molecule has 0 aliphatic rings. The van der Waals surface area contributed by atoms with Crippen LogP contribution in [0.15, 0.2) is 48.8 Å². The van der Waals surface area contributed by atoms with E-state index >= 15 is 0 Å². The number of aromatic nitrogens is 3. The number of hydrogen-bond acceptors (Lipinski definition) is 3. The van der Waals surface area contributed by atoms with Crippen LogP contribution in [0.2, 0.25) is 0 Å². The predicted octanol–water partition coefficient (Wildman–Crippen LogP) is 2.91. The largest absolute Gasteiger partial charge is 0.367 e. The smallest absolute Gasteiger partial charge is 0.157 e. The summed E-state index contributed by atoms with van der Waals surface area (Å²) < 4.78 is 14.6. The average molecular weight is 270 g/mol. The van der Waals surface area contributed by atoms with Crippen molar-refractivity contribution in [1.82, 2.24) is 14.6 Å². The van der Waals surface area contributed by atoms with Crippen LogP contribution in [0.5, 0.6) is 0 Å². The third-order valence-electron chi connectivity index (χ3n) is 3.11. The summed E-state index contributed by atoms with van der Waals surface area (Å²) in [6.07, 6.45) is 4.40. The second kappa shape index (κ2) is 5.28. The first-order valence-electron chi connectivity index (χ1n) is 6.52. The summed E-state index contributed by atoms with van der Waals surface area (Å²) in [5, 5.41) is 7.45. The van der Waals surface area contributed by atoms with Crippen molar-refractivity contribution >= 4 is 11.5 Å². The van der Waals surface area contributed by atoms with E-state index in [1.807, 2.05) is 18.3 Å². The minimum atomic E-state index is -0.206. The van der Waals surface area contributed by atoms with Crippen LogP contribution in [0.3, 0.4) is 0 Å². The van der Waals surface area contributed by atoms with E-state index in [1.165, 1.54) is 12.1 Å². The van der Waals surface area contributed by atoms with Gasteiger partial charge in [0.05, 0.1) is 6.20 Å². The van der Waals surface area contributed by atoms with Crippen molar-refractivity contribution < 1.29 is 4.39 Å². The minimum Gasteiger partial charge on any atom is -0.367 e. The van der Waals surface area contributed by atoms with E-state index in [0.29, 0.717) is 0 Å². The summed E-state index contributed by atoms with van der Waals surface area (Å²) in [4.78, 5) is 4.46. The van der Waals surface area contributed by atoms with Crippen LogP contribution in [0.4, 0.5) is 10.2 Å². The van der Waals surface area contributed by atoms with E-state index in [1.54, 1.807) is 22.8 Å². The zero-order valence-electron chi connectivity index (χ0n) is 11.1. The lowest BCUT2D eigenvalue weighted by Crippen LogP contribution is -2.19. The molecular weight excluding hydrogens is 255 g/mol. The van der Waals surface area contributed by atoms with Gasteiger partial charge in [-0.2, -0.15) is 5.10 Å². The second-order valence-corrected chi connectivity index (χ2v) is 4.82. The van der Waals surface area contributed by atoms with Crippen molar-refractivity contribution in [3.05, 3.63) is 60.2 Å². The van der Waals surface area contributed by atoms with Crippen LogP contribution in [0, 0.1) is 5.82 Å². The minimum absolute atomic E-state index is 0.206. The van der Waals surface area contributed by atoms with Gasteiger partial charge in [0.25, 0.3) is 0 Å². The number of benzene rings is 1. The zero-order chi connectivity index (χ0) is 13.9. The molecule has 0 aliphatic carbocycles. The van der Waals surface area contributed by atoms with Gasteiger partial charge in [-0.1, -0.05) is 12.1 Å². The Morgan fingerprint density at radius 2 is 2.00 bits per heavy atom. The van der Waals surface area contributed by atoms with Gasteiger partial charge in [0.1, 0.15) is 11.6 Å². The molecule has 0 saturated carbocycles. The van der Waals surface area contributed by atoms with Crippen molar-refractivity contribution in [3.63, 3.8) is 0 Å². The summed E-state index contributed by atoms with van der Waals surface area (Å²) in [7, 11) is 0. The number of hydrogen-bond donors (Lipinski definition) is 1. The fourth-order valence-electron chi connectivity index (χ4n) is 2.17. The summed E-state index contributed by atoms with van der Waals surface area (Å²) in [5.74, 6) is 0.606. The van der Waals surface area contributed by atoms with Crippen LogP contribution in [-0.2, 0) is 6.42 Å². The van der Waals surface area contributed by atoms with Crippen molar-refractivity contribution in [2.45, 2.75) is 19.4 Å². The van der Waals surface area contributed by atoms with E-state index in [0.717, 1.165) is 23.4 Å². The summed E-state index contributed by atoms with van der Waals surface area (Å²) in [6.45, 7) is 2.08. The molecule has 2 heterocycles. The van der Waals surface area contributed by atoms with Gasteiger partial charge in [-0.25, -0.2) is 13.9 Å². The standard InChI is InChI=1S/C15H15FN4/c1-11(10-12-2-4-13(16)5-3-12)18-14-7-9-20-15(19-14)6-8-17-20/h2-9,11H,10H2,1H3,(H,18,19). The van der Waals surface area contributed by atoms with Crippen LogP contribution in [0.1, 0.15) is 12.5 Å².